The molecule has 0 spiro atoms. The average molecular weight is 441 g/mol. The van der Waals surface area contributed by atoms with Crippen molar-refractivity contribution < 1.29 is 9.32 Å². The molecule has 0 bridgehead atoms. The van der Waals surface area contributed by atoms with Gasteiger partial charge in [-0.1, -0.05) is 35.8 Å². The normalized spacial score (nSPS) is 11.6. The number of carbonyl (C=O) groups excluding carboxylic acids is 1. The molecule has 1 aromatic heterocycles. The Labute approximate surface area is 185 Å². The molecule has 0 fully saturated rings. The van der Waals surface area contributed by atoms with E-state index in [0.29, 0.717) is 23.1 Å². The number of amides is 1. The SMILES string of the molecule is CCC(Sc1cccc(NC(=S)Nc2ccc(C)cc2)c1)C(=O)Nc1cc(C)on1. The van der Waals surface area contributed by atoms with Gasteiger partial charge in [-0.2, -0.15) is 0 Å². The van der Waals surface area contributed by atoms with Crippen LogP contribution in [-0.4, -0.2) is 21.4 Å². The molecule has 0 aliphatic carbocycles. The smallest absolute Gasteiger partial charge is 0.239 e. The van der Waals surface area contributed by atoms with Crippen LogP contribution in [0.5, 0.6) is 0 Å². The lowest BCUT2D eigenvalue weighted by molar-refractivity contribution is -0.115. The first-order chi connectivity index (χ1) is 14.4. The van der Waals surface area contributed by atoms with Crippen molar-refractivity contribution >= 4 is 52.2 Å². The molecule has 1 atom stereocenters. The lowest BCUT2D eigenvalue weighted by atomic mass is 10.2. The van der Waals surface area contributed by atoms with E-state index in [1.54, 1.807) is 13.0 Å². The van der Waals surface area contributed by atoms with Gasteiger partial charge >= 0.3 is 0 Å². The number of hydrogen-bond donors (Lipinski definition) is 3. The minimum atomic E-state index is -0.255. The number of carbonyl (C=O) groups is 1. The quantitative estimate of drug-likeness (QED) is 0.325. The van der Waals surface area contributed by atoms with Crippen molar-refractivity contribution in [2.75, 3.05) is 16.0 Å². The van der Waals surface area contributed by atoms with E-state index in [1.807, 2.05) is 62.4 Å². The average Bonchev–Trinajstić information content (AvgIpc) is 3.12. The number of thioether (sulfide) groups is 1. The second-order valence-corrected chi connectivity index (χ2v) is 8.48. The fourth-order valence-corrected chi connectivity index (χ4v) is 3.95. The highest BCUT2D eigenvalue weighted by Crippen LogP contribution is 2.28. The van der Waals surface area contributed by atoms with Gasteiger partial charge in [0.05, 0.1) is 5.25 Å². The molecule has 30 heavy (non-hydrogen) atoms. The Hall–Kier alpha value is -2.84. The van der Waals surface area contributed by atoms with E-state index in [1.165, 1.54) is 17.3 Å². The van der Waals surface area contributed by atoms with E-state index in [9.17, 15) is 4.79 Å². The van der Waals surface area contributed by atoms with Crippen molar-refractivity contribution in [3.63, 3.8) is 0 Å². The Kier molecular flexibility index (Phi) is 7.48. The number of aryl methyl sites for hydroxylation is 2. The van der Waals surface area contributed by atoms with Gasteiger partial charge in [0.25, 0.3) is 0 Å². The van der Waals surface area contributed by atoms with Gasteiger partial charge in [-0.3, -0.25) is 4.79 Å². The zero-order valence-electron chi connectivity index (χ0n) is 17.1. The zero-order valence-corrected chi connectivity index (χ0v) is 18.7. The van der Waals surface area contributed by atoms with E-state index in [4.69, 9.17) is 16.7 Å². The molecule has 1 amide bonds. The lowest BCUT2D eigenvalue weighted by Crippen LogP contribution is -2.24. The number of thiocarbonyl (C=S) groups is 1. The zero-order chi connectivity index (χ0) is 21.5. The Morgan fingerprint density at radius 3 is 2.47 bits per heavy atom. The molecule has 0 saturated carbocycles. The summed E-state index contributed by atoms with van der Waals surface area (Å²) >= 11 is 6.91. The summed E-state index contributed by atoms with van der Waals surface area (Å²) in [5.41, 5.74) is 2.97. The topological polar surface area (TPSA) is 79.2 Å². The Bertz CT molecular complexity index is 1020. The Morgan fingerprint density at radius 1 is 1.07 bits per heavy atom. The minimum Gasteiger partial charge on any atom is -0.360 e. The van der Waals surface area contributed by atoms with Gasteiger partial charge in [0.2, 0.25) is 5.91 Å². The first-order valence-electron chi connectivity index (χ1n) is 9.58. The highest BCUT2D eigenvalue weighted by Gasteiger charge is 2.19. The van der Waals surface area contributed by atoms with Crippen LogP contribution >= 0.6 is 24.0 Å². The Balaban J connectivity index is 1.59. The molecule has 6 nitrogen and oxygen atoms in total. The molecule has 0 aliphatic rings. The van der Waals surface area contributed by atoms with E-state index in [-0.39, 0.29) is 11.2 Å². The van der Waals surface area contributed by atoms with Gasteiger partial charge in [-0.15, -0.1) is 11.8 Å². The number of anilines is 3. The maximum Gasteiger partial charge on any atom is 0.239 e. The first kappa shape index (κ1) is 21.9. The standard InChI is InChI=1S/C22H24N4O2S2/c1-4-19(21(27)25-20-12-15(3)28-26-20)30-18-7-5-6-17(13-18)24-22(29)23-16-10-8-14(2)9-11-16/h5-13,19H,4H2,1-3H3,(H2,23,24,29)(H,25,26,27). The number of nitrogens with zero attached hydrogens (tertiary/aromatic N) is 1. The Morgan fingerprint density at radius 2 is 1.80 bits per heavy atom. The summed E-state index contributed by atoms with van der Waals surface area (Å²) in [5.74, 6) is 0.977. The molecule has 1 unspecified atom stereocenters. The largest absolute Gasteiger partial charge is 0.360 e. The van der Waals surface area contributed by atoms with Gasteiger partial charge in [0.1, 0.15) is 5.76 Å². The molecule has 3 N–H and O–H groups in total. The second-order valence-electron chi connectivity index (χ2n) is 6.80. The van der Waals surface area contributed by atoms with Gasteiger partial charge < -0.3 is 20.5 Å². The van der Waals surface area contributed by atoms with Crippen molar-refractivity contribution in [1.82, 2.24) is 5.16 Å². The van der Waals surface area contributed by atoms with Crippen LogP contribution in [0.2, 0.25) is 0 Å². The third-order valence-corrected chi connectivity index (χ3v) is 5.78. The number of benzene rings is 2. The van der Waals surface area contributed by atoms with Crippen molar-refractivity contribution in [2.45, 2.75) is 37.3 Å². The summed E-state index contributed by atoms with van der Waals surface area (Å²) in [7, 11) is 0. The van der Waals surface area contributed by atoms with Crippen LogP contribution in [0, 0.1) is 13.8 Å². The molecule has 3 aromatic rings. The number of aromatic nitrogens is 1. The van der Waals surface area contributed by atoms with Crippen LogP contribution in [0.3, 0.4) is 0 Å². The van der Waals surface area contributed by atoms with Crippen LogP contribution < -0.4 is 16.0 Å². The summed E-state index contributed by atoms with van der Waals surface area (Å²) in [6.07, 6.45) is 0.679. The third-order valence-electron chi connectivity index (χ3n) is 4.22. The van der Waals surface area contributed by atoms with Gasteiger partial charge in [-0.05, 0) is 62.8 Å². The van der Waals surface area contributed by atoms with Crippen LogP contribution in [0.4, 0.5) is 17.2 Å². The third kappa shape index (κ3) is 6.33. The van der Waals surface area contributed by atoms with Crippen LogP contribution in [0.25, 0.3) is 0 Å². The van der Waals surface area contributed by atoms with Crippen LogP contribution in [-0.2, 0) is 4.79 Å². The van der Waals surface area contributed by atoms with Crippen LogP contribution in [0.1, 0.15) is 24.7 Å². The molecule has 0 saturated heterocycles. The van der Waals surface area contributed by atoms with Crippen molar-refractivity contribution in [2.24, 2.45) is 0 Å². The number of rotatable bonds is 7. The molecule has 3 rings (SSSR count). The highest BCUT2D eigenvalue weighted by atomic mass is 32.2. The number of nitrogens with one attached hydrogen (secondary N) is 3. The lowest BCUT2D eigenvalue weighted by Gasteiger charge is -2.15. The summed E-state index contributed by atoms with van der Waals surface area (Å²) in [6, 6.07) is 17.5. The maximum atomic E-state index is 12.6. The van der Waals surface area contributed by atoms with Crippen molar-refractivity contribution in [3.8, 4) is 0 Å². The molecule has 156 valence electrons. The van der Waals surface area contributed by atoms with E-state index >= 15 is 0 Å². The summed E-state index contributed by atoms with van der Waals surface area (Å²) in [5, 5.41) is 13.2. The number of hydrogen-bond acceptors (Lipinski definition) is 5. The minimum absolute atomic E-state index is 0.106. The summed E-state index contributed by atoms with van der Waals surface area (Å²) in [6.45, 7) is 5.80. The predicted octanol–water partition coefficient (Wildman–Crippen LogP) is 5.61. The first-order valence-corrected chi connectivity index (χ1v) is 10.9. The maximum absolute atomic E-state index is 12.6. The monoisotopic (exact) mass is 440 g/mol. The van der Waals surface area contributed by atoms with Gasteiger partial charge in [0.15, 0.2) is 10.9 Å². The second kappa shape index (κ2) is 10.3. The van der Waals surface area contributed by atoms with E-state index in [0.717, 1.165) is 16.3 Å². The molecular formula is C22H24N4O2S2. The van der Waals surface area contributed by atoms with Crippen LogP contribution in [0.15, 0.2) is 64.0 Å². The van der Waals surface area contributed by atoms with Gasteiger partial charge in [0, 0.05) is 22.3 Å². The predicted molar refractivity (Wildman–Crippen MR) is 127 cm³/mol. The van der Waals surface area contributed by atoms with Crippen molar-refractivity contribution in [1.29, 1.82) is 0 Å². The van der Waals surface area contributed by atoms with E-state index < -0.39 is 0 Å². The summed E-state index contributed by atoms with van der Waals surface area (Å²) in [4.78, 5) is 13.6. The molecule has 1 heterocycles. The fraction of sp³-hybridized carbons (Fsp3) is 0.227. The van der Waals surface area contributed by atoms with Gasteiger partial charge in [-0.25, -0.2) is 0 Å². The molecule has 0 aliphatic heterocycles. The van der Waals surface area contributed by atoms with Crippen molar-refractivity contribution in [3.05, 3.63) is 65.9 Å². The van der Waals surface area contributed by atoms with E-state index in [2.05, 4.69) is 21.1 Å². The molecule has 2 aromatic carbocycles. The molecular weight excluding hydrogens is 416 g/mol. The fourth-order valence-electron chi connectivity index (χ4n) is 2.70. The molecule has 0 radical (unpaired) electrons. The molecule has 8 heteroatoms. The highest BCUT2D eigenvalue weighted by molar-refractivity contribution is 8.00. The summed E-state index contributed by atoms with van der Waals surface area (Å²) < 4.78 is 5.00.